The molecule has 106 valence electrons. The van der Waals surface area contributed by atoms with E-state index < -0.39 is 0 Å². The first kappa shape index (κ1) is 14.1. The van der Waals surface area contributed by atoms with Gasteiger partial charge in [-0.05, 0) is 45.3 Å². The van der Waals surface area contributed by atoms with Crippen LogP contribution in [0.3, 0.4) is 0 Å². The number of anilines is 2. The van der Waals surface area contributed by atoms with Crippen molar-refractivity contribution in [3.63, 3.8) is 0 Å². The molecule has 1 fully saturated rings. The zero-order valence-electron chi connectivity index (χ0n) is 12.0. The van der Waals surface area contributed by atoms with Gasteiger partial charge in [0, 0.05) is 13.1 Å². The van der Waals surface area contributed by atoms with Crippen LogP contribution in [0.15, 0.2) is 12.4 Å². The molecule has 0 unspecified atom stereocenters. The molecule has 5 heteroatoms. The maximum atomic E-state index is 4.48. The second-order valence-corrected chi connectivity index (χ2v) is 5.08. The minimum atomic E-state index is 0.757. The van der Waals surface area contributed by atoms with E-state index in [1.165, 1.54) is 32.5 Å². The molecule has 2 heterocycles. The Morgan fingerprint density at radius 3 is 2.47 bits per heavy atom. The van der Waals surface area contributed by atoms with Crippen molar-refractivity contribution in [2.75, 3.05) is 43.4 Å². The summed E-state index contributed by atoms with van der Waals surface area (Å²) in [5.41, 5.74) is 0. The lowest BCUT2D eigenvalue weighted by molar-refractivity contribution is 0.198. The fraction of sp³-hybridized carbons (Fsp3) is 0.714. The summed E-state index contributed by atoms with van der Waals surface area (Å²) in [4.78, 5) is 11.2. The van der Waals surface area contributed by atoms with Crippen molar-refractivity contribution >= 4 is 11.6 Å². The first-order chi connectivity index (χ1) is 9.31. The maximum Gasteiger partial charge on any atom is 0.146 e. The van der Waals surface area contributed by atoms with Gasteiger partial charge in [0.05, 0.1) is 12.4 Å². The Labute approximate surface area is 115 Å². The summed E-state index contributed by atoms with van der Waals surface area (Å²) in [5.74, 6) is 2.47. The van der Waals surface area contributed by atoms with Crippen molar-refractivity contribution in [3.05, 3.63) is 12.4 Å². The first-order valence-corrected chi connectivity index (χ1v) is 7.34. The molecule has 1 aliphatic rings. The van der Waals surface area contributed by atoms with E-state index in [1.807, 2.05) is 0 Å². The lowest BCUT2D eigenvalue weighted by Crippen LogP contribution is -2.35. The van der Waals surface area contributed by atoms with Crippen LogP contribution in [0, 0.1) is 5.92 Å². The van der Waals surface area contributed by atoms with Crippen LogP contribution in [0.5, 0.6) is 0 Å². The number of hydrogen-bond donors (Lipinski definition) is 2. The normalized spacial score (nSPS) is 17.4. The van der Waals surface area contributed by atoms with Crippen molar-refractivity contribution in [1.82, 2.24) is 14.9 Å². The SMILES string of the molecule is CCNc1cncc(NCC2CCN(CC)CC2)n1. The van der Waals surface area contributed by atoms with Gasteiger partial charge < -0.3 is 15.5 Å². The lowest BCUT2D eigenvalue weighted by Gasteiger charge is -2.31. The van der Waals surface area contributed by atoms with E-state index in [0.717, 1.165) is 30.6 Å². The van der Waals surface area contributed by atoms with Crippen LogP contribution in [0.25, 0.3) is 0 Å². The van der Waals surface area contributed by atoms with E-state index >= 15 is 0 Å². The predicted octanol–water partition coefficient (Wildman–Crippen LogP) is 2.05. The van der Waals surface area contributed by atoms with E-state index in [9.17, 15) is 0 Å². The number of aromatic nitrogens is 2. The van der Waals surface area contributed by atoms with Crippen LogP contribution in [-0.4, -0.2) is 47.6 Å². The zero-order valence-corrected chi connectivity index (χ0v) is 12.0. The third-order valence-corrected chi connectivity index (χ3v) is 3.72. The fourth-order valence-corrected chi connectivity index (χ4v) is 2.47. The van der Waals surface area contributed by atoms with Crippen molar-refractivity contribution < 1.29 is 0 Å². The van der Waals surface area contributed by atoms with Gasteiger partial charge in [-0.15, -0.1) is 0 Å². The fourth-order valence-electron chi connectivity index (χ4n) is 2.47. The smallest absolute Gasteiger partial charge is 0.146 e. The summed E-state index contributed by atoms with van der Waals surface area (Å²) in [6.45, 7) is 9.80. The van der Waals surface area contributed by atoms with Crippen molar-refractivity contribution in [3.8, 4) is 0 Å². The largest absolute Gasteiger partial charge is 0.369 e. The molecule has 2 rings (SSSR count). The van der Waals surface area contributed by atoms with Crippen LogP contribution < -0.4 is 10.6 Å². The molecule has 0 radical (unpaired) electrons. The van der Waals surface area contributed by atoms with Crippen LogP contribution in [0.2, 0.25) is 0 Å². The van der Waals surface area contributed by atoms with Crippen LogP contribution >= 0.6 is 0 Å². The highest BCUT2D eigenvalue weighted by molar-refractivity contribution is 5.41. The Morgan fingerprint density at radius 2 is 1.84 bits per heavy atom. The first-order valence-electron chi connectivity index (χ1n) is 7.34. The van der Waals surface area contributed by atoms with E-state index in [-0.39, 0.29) is 0 Å². The molecule has 5 nitrogen and oxygen atoms in total. The molecule has 1 aromatic rings. The zero-order chi connectivity index (χ0) is 13.5. The molecule has 0 atom stereocenters. The molecule has 0 aliphatic carbocycles. The number of nitrogens with one attached hydrogen (secondary N) is 2. The Kier molecular flexibility index (Phi) is 5.39. The molecule has 0 amide bonds. The highest BCUT2D eigenvalue weighted by Gasteiger charge is 2.17. The summed E-state index contributed by atoms with van der Waals surface area (Å²) in [6.07, 6.45) is 6.11. The van der Waals surface area contributed by atoms with E-state index in [1.54, 1.807) is 12.4 Å². The monoisotopic (exact) mass is 263 g/mol. The number of nitrogens with zero attached hydrogens (tertiary/aromatic N) is 3. The molecule has 1 saturated heterocycles. The number of hydrogen-bond acceptors (Lipinski definition) is 5. The highest BCUT2D eigenvalue weighted by atomic mass is 15.1. The molecule has 1 aromatic heterocycles. The molecule has 19 heavy (non-hydrogen) atoms. The minimum Gasteiger partial charge on any atom is -0.369 e. The number of piperidine rings is 1. The number of likely N-dealkylation sites (tertiary alicyclic amines) is 1. The summed E-state index contributed by atoms with van der Waals surface area (Å²) in [7, 11) is 0. The van der Waals surface area contributed by atoms with Gasteiger partial charge in [-0.3, -0.25) is 4.98 Å². The maximum absolute atomic E-state index is 4.48. The average Bonchev–Trinajstić information content (AvgIpc) is 2.46. The quantitative estimate of drug-likeness (QED) is 0.822. The summed E-state index contributed by atoms with van der Waals surface area (Å²) >= 11 is 0. The van der Waals surface area contributed by atoms with Gasteiger partial charge in [0.2, 0.25) is 0 Å². The van der Waals surface area contributed by atoms with Gasteiger partial charge in [-0.2, -0.15) is 0 Å². The van der Waals surface area contributed by atoms with E-state index in [2.05, 4.69) is 39.3 Å². The van der Waals surface area contributed by atoms with E-state index in [4.69, 9.17) is 0 Å². The molecular weight excluding hydrogens is 238 g/mol. The van der Waals surface area contributed by atoms with Gasteiger partial charge in [0.25, 0.3) is 0 Å². The van der Waals surface area contributed by atoms with Crippen molar-refractivity contribution in [2.45, 2.75) is 26.7 Å². The van der Waals surface area contributed by atoms with Crippen LogP contribution in [0.1, 0.15) is 26.7 Å². The van der Waals surface area contributed by atoms with Gasteiger partial charge in [-0.25, -0.2) is 4.98 Å². The van der Waals surface area contributed by atoms with Gasteiger partial charge in [0.1, 0.15) is 11.6 Å². The van der Waals surface area contributed by atoms with Crippen LogP contribution in [0.4, 0.5) is 11.6 Å². The highest BCUT2D eigenvalue weighted by Crippen LogP contribution is 2.17. The second kappa shape index (κ2) is 7.28. The van der Waals surface area contributed by atoms with E-state index in [0.29, 0.717) is 0 Å². The van der Waals surface area contributed by atoms with Crippen molar-refractivity contribution in [2.24, 2.45) is 5.92 Å². The van der Waals surface area contributed by atoms with Gasteiger partial charge in [0.15, 0.2) is 0 Å². The third-order valence-electron chi connectivity index (χ3n) is 3.72. The Balaban J connectivity index is 1.77. The Morgan fingerprint density at radius 1 is 1.16 bits per heavy atom. The predicted molar refractivity (Wildman–Crippen MR) is 79.5 cm³/mol. The third kappa shape index (κ3) is 4.35. The molecule has 0 saturated carbocycles. The molecule has 0 bridgehead atoms. The summed E-state index contributed by atoms with van der Waals surface area (Å²) < 4.78 is 0. The topological polar surface area (TPSA) is 53.1 Å². The number of rotatable bonds is 6. The molecule has 0 aromatic carbocycles. The van der Waals surface area contributed by atoms with Crippen LogP contribution in [-0.2, 0) is 0 Å². The summed E-state index contributed by atoms with van der Waals surface area (Å²) in [6, 6.07) is 0. The second-order valence-electron chi connectivity index (χ2n) is 5.08. The standard InChI is InChI=1S/C14H25N5/c1-3-16-13-10-15-11-14(18-13)17-9-12-5-7-19(4-2)8-6-12/h10-12H,3-9H2,1-2H3,(H2,16,17,18). The molecule has 2 N–H and O–H groups in total. The van der Waals surface area contributed by atoms with Crippen molar-refractivity contribution in [1.29, 1.82) is 0 Å². The summed E-state index contributed by atoms with van der Waals surface area (Å²) in [5, 5.41) is 6.59. The average molecular weight is 263 g/mol. The lowest BCUT2D eigenvalue weighted by atomic mass is 9.97. The molecule has 0 spiro atoms. The molecular formula is C14H25N5. The van der Waals surface area contributed by atoms with Gasteiger partial charge >= 0.3 is 0 Å². The minimum absolute atomic E-state index is 0.757. The Bertz CT molecular complexity index is 374. The Hall–Kier alpha value is -1.36. The van der Waals surface area contributed by atoms with Gasteiger partial charge in [-0.1, -0.05) is 6.92 Å². The molecule has 1 aliphatic heterocycles.